The van der Waals surface area contributed by atoms with Gasteiger partial charge in [-0.25, -0.2) is 9.97 Å². The first-order valence-electron chi connectivity index (χ1n) is 6.85. The molecule has 1 fully saturated rings. The lowest BCUT2D eigenvalue weighted by Gasteiger charge is -2.31. The van der Waals surface area contributed by atoms with E-state index < -0.39 is 0 Å². The van der Waals surface area contributed by atoms with E-state index in [9.17, 15) is 0 Å². The predicted molar refractivity (Wildman–Crippen MR) is 72.4 cm³/mol. The predicted octanol–water partition coefficient (Wildman–Crippen LogP) is 2.16. The smallest absolute Gasteiger partial charge is 0.159 e. The highest BCUT2D eigenvalue weighted by Crippen LogP contribution is 2.20. The third-order valence-electron chi connectivity index (χ3n) is 3.98. The fraction of sp³-hybridized carbons (Fsp3) is 0.571. The van der Waals surface area contributed by atoms with Crippen molar-refractivity contribution in [2.24, 2.45) is 5.92 Å². The number of hydrogen-bond acceptors (Lipinski definition) is 3. The molecule has 18 heavy (non-hydrogen) atoms. The third-order valence-corrected chi connectivity index (χ3v) is 3.98. The topological polar surface area (TPSA) is 34.0 Å². The Morgan fingerprint density at radius 2 is 2.11 bits per heavy atom. The SMILES string of the molecule is CCN1CCC(Cn2cnc3cccnc32)CC1. The second-order valence-electron chi connectivity index (χ2n) is 5.12. The van der Waals surface area contributed by atoms with Crippen LogP contribution in [0.2, 0.25) is 0 Å². The Morgan fingerprint density at radius 3 is 2.89 bits per heavy atom. The van der Waals surface area contributed by atoms with Crippen LogP contribution < -0.4 is 0 Å². The van der Waals surface area contributed by atoms with Crippen LogP contribution in [0.25, 0.3) is 11.2 Å². The summed E-state index contributed by atoms with van der Waals surface area (Å²) >= 11 is 0. The van der Waals surface area contributed by atoms with Crippen molar-refractivity contribution in [1.82, 2.24) is 19.4 Å². The van der Waals surface area contributed by atoms with Crippen molar-refractivity contribution in [1.29, 1.82) is 0 Å². The number of nitrogens with zero attached hydrogens (tertiary/aromatic N) is 4. The molecule has 0 spiro atoms. The van der Waals surface area contributed by atoms with Crippen molar-refractivity contribution in [3.63, 3.8) is 0 Å². The molecule has 2 aromatic heterocycles. The summed E-state index contributed by atoms with van der Waals surface area (Å²) in [7, 11) is 0. The molecule has 3 rings (SSSR count). The Morgan fingerprint density at radius 1 is 1.28 bits per heavy atom. The van der Waals surface area contributed by atoms with Gasteiger partial charge < -0.3 is 9.47 Å². The van der Waals surface area contributed by atoms with Gasteiger partial charge in [-0.2, -0.15) is 0 Å². The Hall–Kier alpha value is -1.42. The molecule has 1 aliphatic rings. The van der Waals surface area contributed by atoms with E-state index in [1.165, 1.54) is 32.5 Å². The number of pyridine rings is 1. The van der Waals surface area contributed by atoms with Gasteiger partial charge in [0.25, 0.3) is 0 Å². The number of piperidine rings is 1. The van der Waals surface area contributed by atoms with E-state index in [1.807, 2.05) is 24.7 Å². The van der Waals surface area contributed by atoms with Gasteiger partial charge in [0.15, 0.2) is 5.65 Å². The second-order valence-corrected chi connectivity index (χ2v) is 5.12. The Bertz CT molecular complexity index is 511. The number of rotatable bonds is 3. The lowest BCUT2D eigenvalue weighted by atomic mass is 9.97. The van der Waals surface area contributed by atoms with Gasteiger partial charge in [0.2, 0.25) is 0 Å². The summed E-state index contributed by atoms with van der Waals surface area (Å²) < 4.78 is 2.21. The average molecular weight is 244 g/mol. The maximum atomic E-state index is 4.43. The molecule has 3 heterocycles. The quantitative estimate of drug-likeness (QED) is 0.829. The van der Waals surface area contributed by atoms with Crippen LogP contribution in [0.1, 0.15) is 19.8 Å². The molecular weight excluding hydrogens is 224 g/mol. The third kappa shape index (κ3) is 2.25. The molecule has 1 aliphatic heterocycles. The largest absolute Gasteiger partial charge is 0.315 e. The van der Waals surface area contributed by atoms with Crippen LogP contribution in [-0.2, 0) is 6.54 Å². The van der Waals surface area contributed by atoms with Gasteiger partial charge in [0.05, 0.1) is 6.33 Å². The molecule has 0 radical (unpaired) electrons. The highest BCUT2D eigenvalue weighted by Gasteiger charge is 2.19. The molecule has 1 saturated heterocycles. The zero-order valence-corrected chi connectivity index (χ0v) is 10.9. The summed E-state index contributed by atoms with van der Waals surface area (Å²) in [6.45, 7) is 6.96. The first-order chi connectivity index (χ1) is 8.86. The summed E-state index contributed by atoms with van der Waals surface area (Å²) in [5.74, 6) is 0.771. The lowest BCUT2D eigenvalue weighted by Crippen LogP contribution is -2.34. The monoisotopic (exact) mass is 244 g/mol. The van der Waals surface area contributed by atoms with E-state index >= 15 is 0 Å². The number of hydrogen-bond donors (Lipinski definition) is 0. The zero-order valence-electron chi connectivity index (χ0n) is 10.9. The Balaban J connectivity index is 1.70. The summed E-state index contributed by atoms with van der Waals surface area (Å²) in [5, 5.41) is 0. The van der Waals surface area contributed by atoms with E-state index in [0.717, 1.165) is 23.6 Å². The molecule has 4 nitrogen and oxygen atoms in total. The molecule has 0 atom stereocenters. The molecule has 0 N–H and O–H groups in total. The molecule has 0 amide bonds. The van der Waals surface area contributed by atoms with Gasteiger partial charge in [-0.15, -0.1) is 0 Å². The molecule has 2 aromatic rings. The van der Waals surface area contributed by atoms with Gasteiger partial charge in [-0.3, -0.25) is 0 Å². The first-order valence-corrected chi connectivity index (χ1v) is 6.85. The summed E-state index contributed by atoms with van der Waals surface area (Å²) in [6.07, 6.45) is 6.37. The number of imidazole rings is 1. The minimum atomic E-state index is 0.771. The van der Waals surface area contributed by atoms with E-state index in [2.05, 4.69) is 26.4 Å². The number of fused-ring (bicyclic) bond motifs is 1. The van der Waals surface area contributed by atoms with Gasteiger partial charge in [0, 0.05) is 12.7 Å². The van der Waals surface area contributed by atoms with Crippen LogP contribution in [0, 0.1) is 5.92 Å². The molecule has 0 saturated carbocycles. The van der Waals surface area contributed by atoms with Crippen molar-refractivity contribution in [3.8, 4) is 0 Å². The second kappa shape index (κ2) is 5.06. The van der Waals surface area contributed by atoms with Crippen LogP contribution in [0.4, 0.5) is 0 Å². The van der Waals surface area contributed by atoms with Crippen molar-refractivity contribution in [3.05, 3.63) is 24.7 Å². The van der Waals surface area contributed by atoms with Crippen LogP contribution in [-0.4, -0.2) is 39.1 Å². The van der Waals surface area contributed by atoms with Gasteiger partial charge in [-0.05, 0) is 50.5 Å². The molecule has 0 aliphatic carbocycles. The Kier molecular flexibility index (Phi) is 3.28. The highest BCUT2D eigenvalue weighted by molar-refractivity contribution is 5.69. The van der Waals surface area contributed by atoms with Crippen LogP contribution in [0.3, 0.4) is 0 Å². The van der Waals surface area contributed by atoms with Crippen molar-refractivity contribution in [2.45, 2.75) is 26.3 Å². The van der Waals surface area contributed by atoms with Crippen molar-refractivity contribution >= 4 is 11.2 Å². The molecule has 96 valence electrons. The lowest BCUT2D eigenvalue weighted by molar-refractivity contribution is 0.181. The van der Waals surface area contributed by atoms with Gasteiger partial charge in [-0.1, -0.05) is 6.92 Å². The molecule has 0 unspecified atom stereocenters. The minimum Gasteiger partial charge on any atom is -0.315 e. The van der Waals surface area contributed by atoms with Crippen LogP contribution in [0.5, 0.6) is 0 Å². The number of likely N-dealkylation sites (tertiary alicyclic amines) is 1. The molecule has 0 aromatic carbocycles. The van der Waals surface area contributed by atoms with E-state index in [-0.39, 0.29) is 0 Å². The average Bonchev–Trinajstić information content (AvgIpc) is 2.83. The van der Waals surface area contributed by atoms with Crippen molar-refractivity contribution in [2.75, 3.05) is 19.6 Å². The first kappa shape index (κ1) is 11.7. The van der Waals surface area contributed by atoms with E-state index in [1.54, 1.807) is 0 Å². The summed E-state index contributed by atoms with van der Waals surface area (Å²) in [6, 6.07) is 3.97. The summed E-state index contributed by atoms with van der Waals surface area (Å²) in [5.41, 5.74) is 2.03. The maximum absolute atomic E-state index is 4.43. The van der Waals surface area contributed by atoms with E-state index in [0.29, 0.717) is 0 Å². The van der Waals surface area contributed by atoms with Crippen LogP contribution >= 0.6 is 0 Å². The fourth-order valence-electron chi connectivity index (χ4n) is 2.79. The highest BCUT2D eigenvalue weighted by atomic mass is 15.1. The normalized spacial score (nSPS) is 18.5. The van der Waals surface area contributed by atoms with Gasteiger partial charge in [0.1, 0.15) is 5.52 Å². The fourth-order valence-corrected chi connectivity index (χ4v) is 2.79. The zero-order chi connectivity index (χ0) is 12.4. The molecule has 0 bridgehead atoms. The van der Waals surface area contributed by atoms with Crippen molar-refractivity contribution < 1.29 is 0 Å². The molecule has 4 heteroatoms. The maximum Gasteiger partial charge on any atom is 0.159 e. The Labute approximate surface area is 108 Å². The van der Waals surface area contributed by atoms with Crippen LogP contribution in [0.15, 0.2) is 24.7 Å². The standard InChI is InChI=1S/C14H20N4/c1-2-17-8-5-12(6-9-17)10-18-11-16-13-4-3-7-15-14(13)18/h3-4,7,11-12H,2,5-6,8-10H2,1H3. The van der Waals surface area contributed by atoms with Gasteiger partial charge >= 0.3 is 0 Å². The minimum absolute atomic E-state index is 0.771. The summed E-state index contributed by atoms with van der Waals surface area (Å²) in [4.78, 5) is 11.4. The molecular formula is C14H20N4. The van der Waals surface area contributed by atoms with E-state index in [4.69, 9.17) is 0 Å². The number of aromatic nitrogens is 3.